The topological polar surface area (TPSA) is 38.7 Å². The van der Waals surface area contributed by atoms with Crippen molar-refractivity contribution in [2.24, 2.45) is 0 Å². The van der Waals surface area contributed by atoms with Crippen molar-refractivity contribution in [1.29, 1.82) is 0 Å². The summed E-state index contributed by atoms with van der Waals surface area (Å²) in [4.78, 5) is 0. The van der Waals surface area contributed by atoms with Gasteiger partial charge in [0.1, 0.15) is 5.03 Å². The minimum Gasteiger partial charge on any atom is -0.139 e. The molecule has 4 heteroatoms. The lowest BCUT2D eigenvalue weighted by Gasteiger charge is -2.19. The molecule has 70 valence electrons. The lowest BCUT2D eigenvalue weighted by Crippen LogP contribution is -2.08. The molecule has 1 aliphatic rings. The van der Waals surface area contributed by atoms with E-state index in [1.54, 1.807) is 6.20 Å². The van der Waals surface area contributed by atoms with Gasteiger partial charge in [0.2, 0.25) is 0 Å². The summed E-state index contributed by atoms with van der Waals surface area (Å²) < 4.78 is 0. The van der Waals surface area contributed by atoms with E-state index < -0.39 is 0 Å². The Bertz CT molecular complexity index is 246. The van der Waals surface area contributed by atoms with Crippen LogP contribution in [0.4, 0.5) is 0 Å². The van der Waals surface area contributed by atoms with Crippen molar-refractivity contribution in [2.45, 2.75) is 42.4 Å². The fourth-order valence-corrected chi connectivity index (χ4v) is 2.78. The van der Waals surface area contributed by atoms with E-state index in [9.17, 15) is 0 Å². The van der Waals surface area contributed by atoms with E-state index in [1.807, 2.05) is 17.8 Å². The van der Waals surface area contributed by atoms with Crippen LogP contribution in [-0.2, 0) is 0 Å². The molecule has 3 nitrogen and oxygen atoms in total. The highest BCUT2D eigenvalue weighted by Crippen LogP contribution is 2.31. The highest BCUT2D eigenvalue weighted by Gasteiger charge is 2.14. The maximum absolute atomic E-state index is 3.97. The van der Waals surface area contributed by atoms with Gasteiger partial charge in [0.25, 0.3) is 0 Å². The fraction of sp³-hybridized carbons (Fsp3) is 0.667. The van der Waals surface area contributed by atoms with Crippen LogP contribution in [0, 0.1) is 0 Å². The Balaban J connectivity index is 1.90. The summed E-state index contributed by atoms with van der Waals surface area (Å²) in [6.07, 6.45) is 8.51. The van der Waals surface area contributed by atoms with Crippen LogP contribution in [-0.4, -0.2) is 20.7 Å². The Kier molecular flexibility index (Phi) is 3.13. The maximum Gasteiger partial charge on any atom is 0.122 e. The third kappa shape index (κ3) is 2.66. The predicted molar refractivity (Wildman–Crippen MR) is 52.6 cm³/mol. The van der Waals surface area contributed by atoms with Gasteiger partial charge in [-0.2, -0.15) is 0 Å². The van der Waals surface area contributed by atoms with E-state index >= 15 is 0 Å². The molecule has 1 aromatic heterocycles. The molecular formula is C9H13N3S. The van der Waals surface area contributed by atoms with Gasteiger partial charge < -0.3 is 0 Å². The molecule has 1 aromatic rings. The van der Waals surface area contributed by atoms with Crippen molar-refractivity contribution in [3.05, 3.63) is 12.3 Å². The molecule has 0 radical (unpaired) electrons. The summed E-state index contributed by atoms with van der Waals surface area (Å²) in [5, 5.41) is 13.0. The summed E-state index contributed by atoms with van der Waals surface area (Å²) >= 11 is 1.85. The second-order valence-electron chi connectivity index (χ2n) is 3.34. The van der Waals surface area contributed by atoms with Gasteiger partial charge in [-0.05, 0) is 24.1 Å². The van der Waals surface area contributed by atoms with Crippen LogP contribution in [0.5, 0.6) is 0 Å². The van der Waals surface area contributed by atoms with Gasteiger partial charge in [-0.15, -0.1) is 22.0 Å². The molecule has 13 heavy (non-hydrogen) atoms. The molecule has 1 fully saturated rings. The van der Waals surface area contributed by atoms with E-state index in [1.165, 1.54) is 32.1 Å². The SMILES string of the molecule is c1cc(SC2CCCCC2)nnn1. The van der Waals surface area contributed by atoms with Crippen LogP contribution >= 0.6 is 11.8 Å². The third-order valence-corrected chi connectivity index (χ3v) is 3.58. The standard InChI is InChI=1S/C9H13N3S/c1-2-4-8(5-3-1)13-9-6-7-10-12-11-9/h6-8H,1-5H2. The Morgan fingerprint density at radius 1 is 1.23 bits per heavy atom. The molecule has 0 aromatic carbocycles. The van der Waals surface area contributed by atoms with Crippen LogP contribution in [0.25, 0.3) is 0 Å². The van der Waals surface area contributed by atoms with E-state index in [0.29, 0.717) is 0 Å². The first-order chi connectivity index (χ1) is 6.45. The Hall–Kier alpha value is -0.640. The first kappa shape index (κ1) is 8.94. The number of hydrogen-bond acceptors (Lipinski definition) is 4. The highest BCUT2D eigenvalue weighted by molar-refractivity contribution is 7.99. The zero-order valence-corrected chi connectivity index (χ0v) is 8.33. The highest BCUT2D eigenvalue weighted by atomic mass is 32.2. The average Bonchev–Trinajstić information content (AvgIpc) is 2.21. The summed E-state index contributed by atoms with van der Waals surface area (Å²) in [6.45, 7) is 0. The van der Waals surface area contributed by atoms with Crippen LogP contribution in [0.1, 0.15) is 32.1 Å². The van der Waals surface area contributed by atoms with Gasteiger partial charge in [-0.25, -0.2) is 0 Å². The minimum atomic E-state index is 0.755. The summed E-state index contributed by atoms with van der Waals surface area (Å²) in [6, 6.07) is 1.94. The molecule has 0 amide bonds. The van der Waals surface area contributed by atoms with Crippen molar-refractivity contribution in [2.75, 3.05) is 0 Å². The van der Waals surface area contributed by atoms with Gasteiger partial charge in [-0.3, -0.25) is 0 Å². The zero-order chi connectivity index (χ0) is 8.93. The van der Waals surface area contributed by atoms with Gasteiger partial charge in [0.15, 0.2) is 0 Å². The monoisotopic (exact) mass is 195 g/mol. The van der Waals surface area contributed by atoms with Crippen molar-refractivity contribution in [3.63, 3.8) is 0 Å². The van der Waals surface area contributed by atoms with Gasteiger partial charge in [0, 0.05) is 5.25 Å². The Morgan fingerprint density at radius 2 is 2.08 bits per heavy atom. The number of thioether (sulfide) groups is 1. The van der Waals surface area contributed by atoms with Gasteiger partial charge in [0.05, 0.1) is 6.20 Å². The lowest BCUT2D eigenvalue weighted by atomic mass is 10.0. The molecule has 1 aliphatic carbocycles. The molecule has 1 heterocycles. The first-order valence-corrected chi connectivity index (χ1v) is 5.64. The fourth-order valence-electron chi connectivity index (χ4n) is 1.65. The van der Waals surface area contributed by atoms with Crippen LogP contribution in [0.3, 0.4) is 0 Å². The molecule has 2 rings (SSSR count). The van der Waals surface area contributed by atoms with Crippen LogP contribution < -0.4 is 0 Å². The molecule has 0 unspecified atom stereocenters. The molecule has 0 bridgehead atoms. The third-order valence-electron chi connectivity index (χ3n) is 2.32. The van der Waals surface area contributed by atoms with Crippen molar-refractivity contribution in [1.82, 2.24) is 15.4 Å². The Morgan fingerprint density at radius 3 is 2.77 bits per heavy atom. The molecule has 0 N–H and O–H groups in total. The predicted octanol–water partition coefficient (Wildman–Crippen LogP) is 2.30. The maximum atomic E-state index is 3.97. The zero-order valence-electron chi connectivity index (χ0n) is 7.52. The van der Waals surface area contributed by atoms with E-state index in [0.717, 1.165) is 10.3 Å². The number of aromatic nitrogens is 3. The summed E-state index contributed by atoms with van der Waals surface area (Å²) in [7, 11) is 0. The molecule has 0 spiro atoms. The van der Waals surface area contributed by atoms with E-state index in [2.05, 4.69) is 15.4 Å². The Labute approximate surface area is 82.3 Å². The van der Waals surface area contributed by atoms with Crippen molar-refractivity contribution < 1.29 is 0 Å². The summed E-state index contributed by atoms with van der Waals surface area (Å²) in [5.74, 6) is 0. The molecule has 0 aliphatic heterocycles. The largest absolute Gasteiger partial charge is 0.139 e. The smallest absolute Gasteiger partial charge is 0.122 e. The average molecular weight is 195 g/mol. The molecular weight excluding hydrogens is 182 g/mol. The normalized spacial score (nSPS) is 18.8. The van der Waals surface area contributed by atoms with E-state index in [4.69, 9.17) is 0 Å². The van der Waals surface area contributed by atoms with Crippen molar-refractivity contribution >= 4 is 11.8 Å². The molecule has 1 saturated carbocycles. The quantitative estimate of drug-likeness (QED) is 0.725. The number of hydrogen-bond donors (Lipinski definition) is 0. The van der Waals surface area contributed by atoms with Gasteiger partial charge >= 0.3 is 0 Å². The molecule has 0 atom stereocenters. The van der Waals surface area contributed by atoms with E-state index in [-0.39, 0.29) is 0 Å². The number of rotatable bonds is 2. The summed E-state index contributed by atoms with van der Waals surface area (Å²) in [5.41, 5.74) is 0. The van der Waals surface area contributed by atoms with Crippen molar-refractivity contribution in [3.8, 4) is 0 Å². The second-order valence-corrected chi connectivity index (χ2v) is 4.66. The second kappa shape index (κ2) is 4.56. The number of nitrogens with zero attached hydrogens (tertiary/aromatic N) is 3. The van der Waals surface area contributed by atoms with Gasteiger partial charge in [-0.1, -0.05) is 19.3 Å². The molecule has 0 saturated heterocycles. The lowest BCUT2D eigenvalue weighted by molar-refractivity contribution is 0.515. The minimum absolute atomic E-state index is 0.755. The van der Waals surface area contributed by atoms with Crippen LogP contribution in [0.15, 0.2) is 17.3 Å². The first-order valence-electron chi connectivity index (χ1n) is 4.76. The van der Waals surface area contributed by atoms with Crippen LogP contribution in [0.2, 0.25) is 0 Å².